The van der Waals surface area contributed by atoms with E-state index in [9.17, 15) is 18.0 Å². The maximum Gasteiger partial charge on any atom is 0.274 e. The Kier molecular flexibility index (Phi) is 5.28. The zero-order valence-electron chi connectivity index (χ0n) is 16.4. The first kappa shape index (κ1) is 20.8. The van der Waals surface area contributed by atoms with Gasteiger partial charge in [0.1, 0.15) is 0 Å². The number of aromatic nitrogens is 3. The number of nitrogens with one attached hydrogen (secondary N) is 1. The Balaban J connectivity index is 1.57. The minimum absolute atomic E-state index is 0.180. The maximum absolute atomic E-state index is 13.2. The molecule has 3 heterocycles. The number of pyridine rings is 1. The van der Waals surface area contributed by atoms with Crippen molar-refractivity contribution in [2.24, 2.45) is 7.05 Å². The Bertz CT molecular complexity index is 1310. The van der Waals surface area contributed by atoms with Crippen molar-refractivity contribution < 1.29 is 13.2 Å². The van der Waals surface area contributed by atoms with Crippen molar-refractivity contribution in [3.05, 3.63) is 56.4 Å². The van der Waals surface area contributed by atoms with Gasteiger partial charge < -0.3 is 4.90 Å². The number of carbonyl (C=O) groups excluding carboxylic acids is 1. The Hall–Kier alpha value is -2.50. The Morgan fingerprint density at radius 1 is 1.17 bits per heavy atom. The highest BCUT2D eigenvalue weighted by atomic mass is 79.9. The molecule has 2 aromatic heterocycles. The summed E-state index contributed by atoms with van der Waals surface area (Å²) in [6.07, 6.45) is 0. The molecule has 1 fully saturated rings. The first-order chi connectivity index (χ1) is 14.2. The number of nitrogens with zero attached hydrogens (tertiary/aromatic N) is 4. The highest BCUT2D eigenvalue weighted by Gasteiger charge is 2.31. The first-order valence-corrected chi connectivity index (χ1v) is 11.5. The van der Waals surface area contributed by atoms with Gasteiger partial charge in [-0.2, -0.15) is 4.31 Å². The van der Waals surface area contributed by atoms with Crippen molar-refractivity contribution >= 4 is 42.9 Å². The number of aromatic amines is 1. The van der Waals surface area contributed by atoms with E-state index in [4.69, 9.17) is 0 Å². The molecule has 11 heteroatoms. The second-order valence-corrected chi connectivity index (χ2v) is 10.0. The van der Waals surface area contributed by atoms with Crippen molar-refractivity contribution in [3.63, 3.8) is 0 Å². The number of sulfonamides is 1. The largest absolute Gasteiger partial charge is 0.336 e. The van der Waals surface area contributed by atoms with Gasteiger partial charge in [0, 0.05) is 43.4 Å². The Morgan fingerprint density at radius 2 is 1.87 bits per heavy atom. The van der Waals surface area contributed by atoms with Crippen LogP contribution in [-0.2, 0) is 17.1 Å². The van der Waals surface area contributed by atoms with Gasteiger partial charge in [0.05, 0.1) is 15.8 Å². The number of fused-ring (bicyclic) bond motifs is 1. The normalized spacial score (nSPS) is 15.6. The number of amides is 1. The summed E-state index contributed by atoms with van der Waals surface area (Å²) in [5.74, 6) is -0.304. The van der Waals surface area contributed by atoms with Crippen LogP contribution in [0, 0.1) is 6.92 Å². The Labute approximate surface area is 181 Å². The fraction of sp³-hybridized carbons (Fsp3) is 0.316. The van der Waals surface area contributed by atoms with Crippen molar-refractivity contribution in [3.8, 4) is 0 Å². The van der Waals surface area contributed by atoms with E-state index in [1.165, 1.54) is 8.99 Å². The molecule has 30 heavy (non-hydrogen) atoms. The van der Waals surface area contributed by atoms with Gasteiger partial charge in [-0.3, -0.25) is 19.4 Å². The number of H-pyrrole nitrogens is 1. The summed E-state index contributed by atoms with van der Waals surface area (Å²) >= 11 is 3.30. The molecule has 0 bridgehead atoms. The predicted molar refractivity (Wildman–Crippen MR) is 115 cm³/mol. The van der Waals surface area contributed by atoms with E-state index < -0.39 is 10.0 Å². The highest BCUT2D eigenvalue weighted by molar-refractivity contribution is 9.10. The van der Waals surface area contributed by atoms with Crippen LogP contribution in [-0.4, -0.2) is 64.5 Å². The molecular formula is C19H20BrN5O4S. The van der Waals surface area contributed by atoms with E-state index in [-0.39, 0.29) is 53.5 Å². The van der Waals surface area contributed by atoms with Gasteiger partial charge in [-0.05, 0) is 31.2 Å². The predicted octanol–water partition coefficient (Wildman–Crippen LogP) is 1.48. The molecule has 1 amide bonds. The molecule has 0 atom stereocenters. The van der Waals surface area contributed by atoms with Crippen LogP contribution >= 0.6 is 15.9 Å². The quantitative estimate of drug-likeness (QED) is 0.594. The number of aryl methyl sites for hydroxylation is 2. The van der Waals surface area contributed by atoms with E-state index in [0.29, 0.717) is 15.8 Å². The minimum atomic E-state index is -3.65. The molecule has 0 aliphatic carbocycles. The van der Waals surface area contributed by atoms with Gasteiger partial charge in [-0.15, -0.1) is 0 Å². The summed E-state index contributed by atoms with van der Waals surface area (Å²) in [7, 11) is -1.98. The molecule has 3 aromatic rings. The van der Waals surface area contributed by atoms with Crippen molar-refractivity contribution in [1.29, 1.82) is 0 Å². The minimum Gasteiger partial charge on any atom is -0.336 e. The SMILES string of the molecule is Cc1cc(C(=O)N2CCN(S(=O)(=O)c3cccc(Br)c3)CC2)c2c(=O)[nH]n(C)c2n1. The third-order valence-electron chi connectivity index (χ3n) is 5.13. The van der Waals surface area contributed by atoms with Gasteiger partial charge >= 0.3 is 0 Å². The van der Waals surface area contributed by atoms with Gasteiger partial charge in [-0.25, -0.2) is 13.4 Å². The van der Waals surface area contributed by atoms with E-state index in [0.717, 1.165) is 0 Å². The summed E-state index contributed by atoms with van der Waals surface area (Å²) < 4.78 is 29.3. The van der Waals surface area contributed by atoms with Gasteiger partial charge in [-0.1, -0.05) is 22.0 Å². The summed E-state index contributed by atoms with van der Waals surface area (Å²) in [6, 6.07) is 8.15. The van der Waals surface area contributed by atoms with E-state index >= 15 is 0 Å². The number of piperazine rings is 1. The van der Waals surface area contributed by atoms with Crippen molar-refractivity contribution in [2.75, 3.05) is 26.2 Å². The molecule has 1 aliphatic heterocycles. The summed E-state index contributed by atoms with van der Waals surface area (Å²) in [5.41, 5.74) is 0.942. The van der Waals surface area contributed by atoms with Crippen molar-refractivity contribution in [2.45, 2.75) is 11.8 Å². The van der Waals surface area contributed by atoms with Crippen LogP contribution in [0.1, 0.15) is 16.1 Å². The van der Waals surface area contributed by atoms with Crippen LogP contribution < -0.4 is 5.56 Å². The molecule has 0 saturated carbocycles. The lowest BCUT2D eigenvalue weighted by molar-refractivity contribution is 0.0699. The number of carbonyl (C=O) groups is 1. The molecule has 158 valence electrons. The third-order valence-corrected chi connectivity index (χ3v) is 7.52. The fourth-order valence-electron chi connectivity index (χ4n) is 3.63. The molecule has 0 radical (unpaired) electrons. The zero-order valence-corrected chi connectivity index (χ0v) is 18.8. The molecular weight excluding hydrogens is 474 g/mol. The number of benzene rings is 1. The number of hydrogen-bond acceptors (Lipinski definition) is 5. The second-order valence-electron chi connectivity index (χ2n) is 7.16. The van der Waals surface area contributed by atoms with Crippen LogP contribution in [0.15, 0.2) is 44.5 Å². The van der Waals surface area contributed by atoms with E-state index in [1.54, 1.807) is 49.2 Å². The molecule has 0 unspecified atom stereocenters. The molecule has 1 aromatic carbocycles. The molecule has 1 aliphatic rings. The zero-order chi connectivity index (χ0) is 21.6. The average molecular weight is 494 g/mol. The molecule has 1 N–H and O–H groups in total. The monoisotopic (exact) mass is 493 g/mol. The second kappa shape index (κ2) is 7.64. The smallest absolute Gasteiger partial charge is 0.274 e. The molecule has 9 nitrogen and oxygen atoms in total. The summed E-state index contributed by atoms with van der Waals surface area (Å²) in [5, 5.41) is 2.87. The van der Waals surface area contributed by atoms with Gasteiger partial charge in [0.2, 0.25) is 10.0 Å². The molecule has 0 spiro atoms. The number of hydrogen-bond donors (Lipinski definition) is 1. The summed E-state index contributed by atoms with van der Waals surface area (Å²) in [4.78, 5) is 31.6. The van der Waals surface area contributed by atoms with Crippen LogP contribution in [0.2, 0.25) is 0 Å². The van der Waals surface area contributed by atoms with Crippen LogP contribution in [0.5, 0.6) is 0 Å². The van der Waals surface area contributed by atoms with Gasteiger partial charge in [0.25, 0.3) is 11.5 Å². The van der Waals surface area contributed by atoms with Crippen LogP contribution in [0.4, 0.5) is 0 Å². The van der Waals surface area contributed by atoms with Crippen LogP contribution in [0.3, 0.4) is 0 Å². The first-order valence-electron chi connectivity index (χ1n) is 9.30. The van der Waals surface area contributed by atoms with Crippen LogP contribution in [0.25, 0.3) is 11.0 Å². The van der Waals surface area contributed by atoms with E-state index in [2.05, 4.69) is 26.0 Å². The molecule has 4 rings (SSSR count). The average Bonchev–Trinajstić information content (AvgIpc) is 3.00. The topological polar surface area (TPSA) is 108 Å². The highest BCUT2D eigenvalue weighted by Crippen LogP contribution is 2.22. The lowest BCUT2D eigenvalue weighted by Gasteiger charge is -2.34. The fourth-order valence-corrected chi connectivity index (χ4v) is 5.65. The maximum atomic E-state index is 13.2. The lowest BCUT2D eigenvalue weighted by Crippen LogP contribution is -2.50. The third kappa shape index (κ3) is 3.57. The van der Waals surface area contributed by atoms with Crippen molar-refractivity contribution in [1.82, 2.24) is 24.0 Å². The van der Waals surface area contributed by atoms with Gasteiger partial charge in [0.15, 0.2) is 5.65 Å². The number of rotatable bonds is 3. The Morgan fingerprint density at radius 3 is 2.53 bits per heavy atom. The summed E-state index contributed by atoms with van der Waals surface area (Å²) in [6.45, 7) is 2.59. The standard InChI is InChI=1S/C19H20BrN5O4S/c1-12-10-15(16-17(21-12)23(2)22-18(16)26)19(27)24-6-8-25(9-7-24)30(28,29)14-5-3-4-13(20)11-14/h3-5,10-11H,6-9H2,1-2H3,(H,22,26). The molecule has 1 saturated heterocycles. The lowest BCUT2D eigenvalue weighted by atomic mass is 10.1. The van der Waals surface area contributed by atoms with E-state index in [1.807, 2.05) is 0 Å². The number of halogens is 1.